The summed E-state index contributed by atoms with van der Waals surface area (Å²) in [5, 5.41) is 53.2. The number of unbranched alkanes of at least 4 members (excludes halogenated alkanes) is 22. The first-order valence-corrected chi connectivity index (χ1v) is 20.9. The van der Waals surface area contributed by atoms with Crippen LogP contribution >= 0.6 is 0 Å². The molecule has 0 unspecified atom stereocenters. The second-order valence-corrected chi connectivity index (χ2v) is 14.9. The average Bonchev–Trinajstić information content (AvgIpc) is 3.48. The SMILES string of the molecule is CCCCCCCCCCCCCCOC[C@H](O)[C@H]1OC[C@@H](O)[C@@H]1O[C@@H]1O[C@H](CO)[C@H](O)[C@H](OCCCCCCCCCCCCCC)[C@H]1O. The van der Waals surface area contributed by atoms with Crippen molar-refractivity contribution in [1.29, 1.82) is 0 Å². The number of aliphatic hydroxyl groups is 5. The lowest BCUT2D eigenvalue weighted by Gasteiger charge is -2.43. The molecule has 2 rings (SSSR count). The van der Waals surface area contributed by atoms with Crippen molar-refractivity contribution < 1.29 is 49.2 Å². The van der Waals surface area contributed by atoms with Gasteiger partial charge >= 0.3 is 0 Å². The molecule has 0 aliphatic carbocycles. The molecule has 0 spiro atoms. The third kappa shape index (κ3) is 19.1. The zero-order chi connectivity index (χ0) is 36.2. The van der Waals surface area contributed by atoms with Crippen molar-refractivity contribution in [1.82, 2.24) is 0 Å². The van der Waals surface area contributed by atoms with Crippen LogP contribution in [0, 0.1) is 0 Å². The molecule has 0 radical (unpaired) electrons. The Labute approximate surface area is 304 Å². The molecule has 2 saturated heterocycles. The second kappa shape index (κ2) is 30.0. The van der Waals surface area contributed by atoms with Crippen LogP contribution in [0.15, 0.2) is 0 Å². The smallest absolute Gasteiger partial charge is 0.187 e. The highest BCUT2D eigenvalue weighted by atomic mass is 16.7. The van der Waals surface area contributed by atoms with Crippen LogP contribution < -0.4 is 0 Å². The van der Waals surface area contributed by atoms with Gasteiger partial charge < -0.3 is 49.2 Å². The minimum atomic E-state index is -1.36. The molecular formula is C40H78O10. The van der Waals surface area contributed by atoms with Gasteiger partial charge in [0.05, 0.1) is 19.8 Å². The first kappa shape index (κ1) is 45.8. The lowest BCUT2D eigenvalue weighted by molar-refractivity contribution is -0.325. The molecular weight excluding hydrogens is 640 g/mol. The molecule has 0 aromatic carbocycles. The van der Waals surface area contributed by atoms with Crippen molar-refractivity contribution in [3.05, 3.63) is 0 Å². The van der Waals surface area contributed by atoms with E-state index in [4.69, 9.17) is 23.7 Å². The van der Waals surface area contributed by atoms with Gasteiger partial charge in [-0.3, -0.25) is 0 Å². The quantitative estimate of drug-likeness (QED) is 0.0463. The normalized spacial score (nSPS) is 27.7. The van der Waals surface area contributed by atoms with Crippen molar-refractivity contribution in [2.75, 3.05) is 33.0 Å². The van der Waals surface area contributed by atoms with Crippen LogP contribution in [0.3, 0.4) is 0 Å². The van der Waals surface area contributed by atoms with E-state index in [0.717, 1.165) is 32.1 Å². The maximum Gasteiger partial charge on any atom is 0.187 e. The van der Waals surface area contributed by atoms with Gasteiger partial charge in [-0.25, -0.2) is 0 Å². The molecule has 2 fully saturated rings. The van der Waals surface area contributed by atoms with Crippen molar-refractivity contribution >= 4 is 0 Å². The highest BCUT2D eigenvalue weighted by Gasteiger charge is 2.50. The summed E-state index contributed by atoms with van der Waals surface area (Å²) in [4.78, 5) is 0. The van der Waals surface area contributed by atoms with E-state index in [1.807, 2.05) is 0 Å². The summed E-state index contributed by atoms with van der Waals surface area (Å²) in [6, 6.07) is 0. The summed E-state index contributed by atoms with van der Waals surface area (Å²) in [6.07, 6.45) is 19.9. The second-order valence-electron chi connectivity index (χ2n) is 14.9. The van der Waals surface area contributed by atoms with Crippen LogP contribution in [0.4, 0.5) is 0 Å². The lowest BCUT2D eigenvalue weighted by Crippen LogP contribution is -2.61. The third-order valence-corrected chi connectivity index (χ3v) is 10.4. The number of rotatable bonds is 33. The Kier molecular flexibility index (Phi) is 27.4. The molecule has 10 nitrogen and oxygen atoms in total. The maximum atomic E-state index is 11.1. The van der Waals surface area contributed by atoms with E-state index in [1.54, 1.807) is 0 Å². The third-order valence-electron chi connectivity index (χ3n) is 10.4. The van der Waals surface area contributed by atoms with Gasteiger partial charge in [0.25, 0.3) is 0 Å². The molecule has 0 amide bonds. The van der Waals surface area contributed by atoms with E-state index in [2.05, 4.69) is 13.8 Å². The zero-order valence-electron chi connectivity index (χ0n) is 32.0. The van der Waals surface area contributed by atoms with Crippen LogP contribution in [-0.2, 0) is 23.7 Å². The standard InChI is InChI=1S/C40H78O10/c1-3-5-7-9-11-13-15-17-19-21-23-25-27-46-30-32(42)37-38(33(43)31-48-37)50-40-36(45)39(35(44)34(29-41)49-40)47-28-26-24-22-20-18-16-14-12-10-8-6-4-2/h32-45H,3-31H2,1-2H3/t32-,33+,34+,35-,36+,37+,38-,39-,40-/m0/s1. The first-order chi connectivity index (χ1) is 24.4. The van der Waals surface area contributed by atoms with E-state index in [9.17, 15) is 25.5 Å². The molecule has 9 atom stereocenters. The van der Waals surface area contributed by atoms with E-state index < -0.39 is 61.7 Å². The molecule has 0 aromatic rings. The van der Waals surface area contributed by atoms with Crippen LogP contribution in [-0.4, -0.2) is 114 Å². The summed E-state index contributed by atoms with van der Waals surface area (Å²) in [5.74, 6) is 0. The molecule has 5 N–H and O–H groups in total. The van der Waals surface area contributed by atoms with Crippen molar-refractivity contribution in [3.63, 3.8) is 0 Å². The predicted molar refractivity (Wildman–Crippen MR) is 197 cm³/mol. The van der Waals surface area contributed by atoms with Crippen molar-refractivity contribution in [2.24, 2.45) is 0 Å². The Hall–Kier alpha value is -0.400. The fourth-order valence-electron chi connectivity index (χ4n) is 7.14. The van der Waals surface area contributed by atoms with E-state index >= 15 is 0 Å². The molecule has 0 bridgehead atoms. The largest absolute Gasteiger partial charge is 0.394 e. The van der Waals surface area contributed by atoms with Crippen LogP contribution in [0.1, 0.15) is 168 Å². The minimum absolute atomic E-state index is 0.0338. The summed E-state index contributed by atoms with van der Waals surface area (Å²) in [5.41, 5.74) is 0. The summed E-state index contributed by atoms with van der Waals surface area (Å²) >= 11 is 0. The minimum Gasteiger partial charge on any atom is -0.394 e. The van der Waals surface area contributed by atoms with Crippen LogP contribution in [0.2, 0.25) is 0 Å². The van der Waals surface area contributed by atoms with Crippen LogP contribution in [0.5, 0.6) is 0 Å². The Morgan fingerprint density at radius 1 is 0.600 bits per heavy atom. The van der Waals surface area contributed by atoms with E-state index in [0.29, 0.717) is 13.2 Å². The monoisotopic (exact) mass is 719 g/mol. The van der Waals surface area contributed by atoms with Gasteiger partial charge in [0.2, 0.25) is 0 Å². The van der Waals surface area contributed by atoms with Gasteiger partial charge in [-0.1, -0.05) is 155 Å². The Morgan fingerprint density at radius 3 is 1.54 bits per heavy atom. The fraction of sp³-hybridized carbons (Fsp3) is 1.00. The maximum absolute atomic E-state index is 11.1. The van der Waals surface area contributed by atoms with E-state index in [-0.39, 0.29) is 13.2 Å². The average molecular weight is 719 g/mol. The highest BCUT2D eigenvalue weighted by Crippen LogP contribution is 2.30. The highest BCUT2D eigenvalue weighted by molar-refractivity contribution is 4.94. The number of ether oxygens (including phenoxy) is 5. The van der Waals surface area contributed by atoms with Crippen LogP contribution in [0.25, 0.3) is 0 Å². The van der Waals surface area contributed by atoms with Gasteiger partial charge in [-0.05, 0) is 12.8 Å². The van der Waals surface area contributed by atoms with Gasteiger partial charge in [0, 0.05) is 13.2 Å². The Bertz CT molecular complexity index is 760. The number of hydrogen-bond donors (Lipinski definition) is 5. The topological polar surface area (TPSA) is 147 Å². The summed E-state index contributed by atoms with van der Waals surface area (Å²) < 4.78 is 29.0. The van der Waals surface area contributed by atoms with Crippen molar-refractivity contribution in [2.45, 2.75) is 223 Å². The zero-order valence-corrected chi connectivity index (χ0v) is 32.0. The molecule has 298 valence electrons. The van der Waals surface area contributed by atoms with Crippen molar-refractivity contribution in [3.8, 4) is 0 Å². The van der Waals surface area contributed by atoms with Gasteiger partial charge in [-0.2, -0.15) is 0 Å². The molecule has 2 heterocycles. The fourth-order valence-corrected chi connectivity index (χ4v) is 7.14. The number of aliphatic hydroxyl groups excluding tert-OH is 5. The number of hydrogen-bond acceptors (Lipinski definition) is 10. The molecule has 0 saturated carbocycles. The predicted octanol–water partition coefficient (Wildman–Crippen LogP) is 6.74. The van der Waals surface area contributed by atoms with Gasteiger partial charge in [0.15, 0.2) is 6.29 Å². The van der Waals surface area contributed by atoms with Gasteiger partial charge in [-0.15, -0.1) is 0 Å². The Balaban J connectivity index is 1.64. The molecule has 0 aromatic heterocycles. The molecule has 2 aliphatic heterocycles. The molecule has 50 heavy (non-hydrogen) atoms. The molecule has 2 aliphatic rings. The summed E-state index contributed by atoms with van der Waals surface area (Å²) in [6.45, 7) is 4.89. The Morgan fingerprint density at radius 2 is 1.06 bits per heavy atom. The van der Waals surface area contributed by atoms with E-state index in [1.165, 1.54) is 122 Å². The lowest BCUT2D eigenvalue weighted by atomic mass is 9.98. The van der Waals surface area contributed by atoms with Gasteiger partial charge in [0.1, 0.15) is 48.8 Å². The first-order valence-electron chi connectivity index (χ1n) is 20.9. The molecule has 10 heteroatoms. The summed E-state index contributed by atoms with van der Waals surface area (Å²) in [7, 11) is 0.